The number of carbonyl (C=O) groups excluding carboxylic acids is 2. The second-order valence-corrected chi connectivity index (χ2v) is 6.81. The molecule has 0 radical (unpaired) electrons. The van der Waals surface area contributed by atoms with Crippen LogP contribution in [0, 0.1) is 5.92 Å². The van der Waals surface area contributed by atoms with Crippen molar-refractivity contribution in [3.63, 3.8) is 0 Å². The zero-order valence-corrected chi connectivity index (χ0v) is 13.8. The highest BCUT2D eigenvalue weighted by atomic mass is 16.6. The molecule has 0 fully saturated rings. The summed E-state index contributed by atoms with van der Waals surface area (Å²) in [6.45, 7) is 10.8. The van der Waals surface area contributed by atoms with Crippen LogP contribution in [0.3, 0.4) is 0 Å². The number of aliphatic hydroxyl groups is 1. The van der Waals surface area contributed by atoms with Crippen molar-refractivity contribution in [3.8, 4) is 0 Å². The smallest absolute Gasteiger partial charge is 0.407 e. The minimum Gasteiger partial charge on any atom is -0.444 e. The molecule has 0 aliphatic heterocycles. The Morgan fingerprint density at radius 3 is 1.48 bits per heavy atom. The molecule has 0 saturated heterocycles. The molecule has 2 amide bonds. The largest absolute Gasteiger partial charge is 0.444 e. The molecule has 0 aromatic heterocycles. The predicted molar refractivity (Wildman–Crippen MR) is 79.0 cm³/mol. The third kappa shape index (κ3) is 12.0. The van der Waals surface area contributed by atoms with Crippen molar-refractivity contribution in [2.24, 2.45) is 5.92 Å². The fourth-order valence-corrected chi connectivity index (χ4v) is 1.28. The first kappa shape index (κ1) is 19.5. The van der Waals surface area contributed by atoms with E-state index in [1.807, 2.05) is 0 Å². The van der Waals surface area contributed by atoms with E-state index in [1.54, 1.807) is 41.5 Å². The van der Waals surface area contributed by atoms with Crippen LogP contribution in [0.25, 0.3) is 0 Å². The maximum Gasteiger partial charge on any atom is 0.407 e. The normalized spacial score (nSPS) is 12.0. The highest BCUT2D eigenvalue weighted by molar-refractivity contribution is 5.68. The SMILES string of the molecule is CC(C)(C)OC(=O)NCC(CO)CNC(=O)OC(C)(C)C. The molecule has 3 N–H and O–H groups in total. The number of nitrogens with one attached hydrogen (secondary N) is 2. The maximum absolute atomic E-state index is 11.5. The average Bonchev–Trinajstić information content (AvgIpc) is 2.24. The summed E-state index contributed by atoms with van der Waals surface area (Å²) in [7, 11) is 0. The molecule has 0 aliphatic rings. The lowest BCUT2D eigenvalue weighted by molar-refractivity contribution is 0.0497. The third-order valence-electron chi connectivity index (χ3n) is 2.13. The molecule has 0 unspecified atom stereocenters. The van der Waals surface area contributed by atoms with Crippen LogP contribution in [-0.4, -0.2) is 48.2 Å². The quantitative estimate of drug-likeness (QED) is 0.717. The van der Waals surface area contributed by atoms with Gasteiger partial charge in [-0.25, -0.2) is 9.59 Å². The zero-order valence-electron chi connectivity index (χ0n) is 13.8. The molecule has 0 aliphatic carbocycles. The van der Waals surface area contributed by atoms with Gasteiger partial charge in [-0.2, -0.15) is 0 Å². The van der Waals surface area contributed by atoms with Crippen LogP contribution in [0.15, 0.2) is 0 Å². The summed E-state index contributed by atoms with van der Waals surface area (Å²) in [5.41, 5.74) is -1.15. The van der Waals surface area contributed by atoms with E-state index in [4.69, 9.17) is 9.47 Å². The van der Waals surface area contributed by atoms with Crippen molar-refractivity contribution in [1.29, 1.82) is 0 Å². The van der Waals surface area contributed by atoms with Gasteiger partial charge in [0.15, 0.2) is 0 Å². The second-order valence-electron chi connectivity index (χ2n) is 6.81. The predicted octanol–water partition coefficient (Wildman–Crippen LogP) is 1.64. The summed E-state index contributed by atoms with van der Waals surface area (Å²) in [6, 6.07) is 0. The molecule has 21 heavy (non-hydrogen) atoms. The Morgan fingerprint density at radius 1 is 0.905 bits per heavy atom. The molecule has 0 heterocycles. The van der Waals surface area contributed by atoms with Gasteiger partial charge in [0, 0.05) is 25.6 Å². The summed E-state index contributed by atoms with van der Waals surface area (Å²) >= 11 is 0. The van der Waals surface area contributed by atoms with Crippen molar-refractivity contribution in [1.82, 2.24) is 10.6 Å². The topological polar surface area (TPSA) is 96.9 Å². The van der Waals surface area contributed by atoms with Crippen LogP contribution in [0.4, 0.5) is 9.59 Å². The molecule has 124 valence electrons. The van der Waals surface area contributed by atoms with Gasteiger partial charge in [0.2, 0.25) is 0 Å². The van der Waals surface area contributed by atoms with Gasteiger partial charge in [-0.1, -0.05) is 0 Å². The van der Waals surface area contributed by atoms with Gasteiger partial charge in [0.1, 0.15) is 11.2 Å². The Labute approximate surface area is 126 Å². The lowest BCUT2D eigenvalue weighted by Crippen LogP contribution is -2.41. The number of amides is 2. The average molecular weight is 304 g/mol. The van der Waals surface area contributed by atoms with E-state index in [9.17, 15) is 14.7 Å². The van der Waals surface area contributed by atoms with E-state index in [0.29, 0.717) is 0 Å². The summed E-state index contributed by atoms with van der Waals surface area (Å²) in [4.78, 5) is 23.0. The number of hydrogen-bond donors (Lipinski definition) is 3. The molecule has 0 atom stereocenters. The Kier molecular flexibility index (Phi) is 7.49. The van der Waals surface area contributed by atoms with Crippen LogP contribution in [-0.2, 0) is 9.47 Å². The van der Waals surface area contributed by atoms with Crippen LogP contribution in [0.1, 0.15) is 41.5 Å². The molecule has 0 saturated carbocycles. The Balaban J connectivity index is 4.07. The number of aliphatic hydroxyl groups excluding tert-OH is 1. The van der Waals surface area contributed by atoms with Crippen LogP contribution in [0.2, 0.25) is 0 Å². The van der Waals surface area contributed by atoms with Crippen molar-refractivity contribution in [2.45, 2.75) is 52.7 Å². The second kappa shape index (κ2) is 8.07. The Bertz CT molecular complexity index is 312. The van der Waals surface area contributed by atoms with Crippen LogP contribution in [0.5, 0.6) is 0 Å². The van der Waals surface area contributed by atoms with Gasteiger partial charge in [0.25, 0.3) is 0 Å². The highest BCUT2D eigenvalue weighted by Crippen LogP contribution is 2.07. The fraction of sp³-hybridized carbons (Fsp3) is 0.857. The van der Waals surface area contributed by atoms with Gasteiger partial charge in [-0.3, -0.25) is 0 Å². The number of alkyl carbamates (subject to hydrolysis) is 2. The molecule has 0 bridgehead atoms. The first-order chi connectivity index (χ1) is 9.43. The fourth-order valence-electron chi connectivity index (χ4n) is 1.28. The van der Waals surface area contributed by atoms with E-state index in [2.05, 4.69) is 10.6 Å². The molecule has 7 nitrogen and oxygen atoms in total. The summed E-state index contributed by atoms with van der Waals surface area (Å²) < 4.78 is 10.2. The van der Waals surface area contributed by atoms with Gasteiger partial charge in [-0.15, -0.1) is 0 Å². The Morgan fingerprint density at radius 2 is 1.24 bits per heavy atom. The van der Waals surface area contributed by atoms with Gasteiger partial charge in [-0.05, 0) is 41.5 Å². The van der Waals surface area contributed by atoms with Crippen LogP contribution < -0.4 is 10.6 Å². The number of hydrogen-bond acceptors (Lipinski definition) is 5. The molecular weight excluding hydrogens is 276 g/mol. The van der Waals surface area contributed by atoms with Crippen molar-refractivity contribution < 1.29 is 24.2 Å². The van der Waals surface area contributed by atoms with E-state index in [-0.39, 0.29) is 25.6 Å². The molecular formula is C14H28N2O5. The monoisotopic (exact) mass is 304 g/mol. The minimum absolute atomic E-state index is 0.175. The zero-order chi connectivity index (χ0) is 16.7. The lowest BCUT2D eigenvalue weighted by Gasteiger charge is -2.22. The van der Waals surface area contributed by atoms with Crippen molar-refractivity contribution in [2.75, 3.05) is 19.7 Å². The van der Waals surface area contributed by atoms with Crippen molar-refractivity contribution in [3.05, 3.63) is 0 Å². The first-order valence-electron chi connectivity index (χ1n) is 6.97. The lowest BCUT2D eigenvalue weighted by atomic mass is 10.1. The minimum atomic E-state index is -0.576. The van der Waals surface area contributed by atoms with Gasteiger partial charge < -0.3 is 25.2 Å². The standard InChI is InChI=1S/C14H28N2O5/c1-13(2,3)20-11(18)15-7-10(9-17)8-16-12(19)21-14(4,5)6/h10,17H,7-9H2,1-6H3,(H,15,18)(H,16,19). The van der Waals surface area contributed by atoms with E-state index < -0.39 is 23.4 Å². The first-order valence-corrected chi connectivity index (χ1v) is 6.97. The molecule has 0 aromatic carbocycles. The number of carbonyl (C=O) groups is 2. The summed E-state index contributed by atoms with van der Waals surface area (Å²) in [5.74, 6) is -0.315. The van der Waals surface area contributed by atoms with E-state index in [1.165, 1.54) is 0 Å². The number of rotatable bonds is 5. The Hall–Kier alpha value is -1.50. The summed E-state index contributed by atoms with van der Waals surface area (Å²) in [6.07, 6.45) is -1.11. The van der Waals surface area contributed by atoms with Gasteiger partial charge >= 0.3 is 12.2 Å². The number of ether oxygens (including phenoxy) is 2. The highest BCUT2D eigenvalue weighted by Gasteiger charge is 2.19. The van der Waals surface area contributed by atoms with Crippen LogP contribution >= 0.6 is 0 Å². The van der Waals surface area contributed by atoms with E-state index in [0.717, 1.165) is 0 Å². The van der Waals surface area contributed by atoms with Crippen molar-refractivity contribution >= 4 is 12.2 Å². The molecule has 0 rings (SSSR count). The summed E-state index contributed by atoms with van der Waals surface area (Å²) in [5, 5.41) is 14.3. The van der Waals surface area contributed by atoms with E-state index >= 15 is 0 Å². The maximum atomic E-state index is 11.5. The molecule has 7 heteroatoms. The molecule has 0 aromatic rings. The molecule has 0 spiro atoms. The third-order valence-corrected chi connectivity index (χ3v) is 2.13. The van der Waals surface area contributed by atoms with Gasteiger partial charge in [0.05, 0.1) is 0 Å².